The van der Waals surface area contributed by atoms with Crippen LogP contribution in [0, 0.1) is 5.92 Å². The number of nitrogens with two attached hydrogens (primary N) is 1. The van der Waals surface area contributed by atoms with E-state index in [2.05, 4.69) is 6.92 Å². The highest BCUT2D eigenvalue weighted by atomic mass is 16.6. The minimum absolute atomic E-state index is 0.0257. The Morgan fingerprint density at radius 3 is 2.36 bits per heavy atom. The van der Waals surface area contributed by atoms with Crippen molar-refractivity contribution in [3.63, 3.8) is 0 Å². The number of phenolic OH excluding ortho intramolecular Hbond substituents is 1. The van der Waals surface area contributed by atoms with Crippen LogP contribution in [0.15, 0.2) is 41.0 Å². The smallest absolute Gasteiger partial charge is 0.341 e. The first kappa shape index (κ1) is 42.9. The van der Waals surface area contributed by atoms with Gasteiger partial charge in [-0.2, -0.15) is 0 Å². The largest absolute Gasteiger partial charge is 0.508 e. The number of phenols is 1. The Labute approximate surface area is 327 Å². The molecule has 0 bridgehead atoms. The number of aryl methyl sites for hydroxylation is 2. The van der Waals surface area contributed by atoms with Crippen molar-refractivity contribution in [1.29, 1.82) is 0 Å². The predicted molar refractivity (Wildman–Crippen MR) is 201 cm³/mol. The van der Waals surface area contributed by atoms with Crippen molar-refractivity contribution < 1.29 is 63.0 Å². The predicted octanol–water partition coefficient (Wildman–Crippen LogP) is 4.11. The Morgan fingerprint density at radius 2 is 1.66 bits per heavy atom. The third kappa shape index (κ3) is 8.82. The van der Waals surface area contributed by atoms with E-state index in [-0.39, 0.29) is 42.6 Å². The first-order chi connectivity index (χ1) is 26.7. The van der Waals surface area contributed by atoms with Gasteiger partial charge in [0.2, 0.25) is 0 Å². The highest BCUT2D eigenvalue weighted by Crippen LogP contribution is 2.56. The maximum absolute atomic E-state index is 13.7. The second-order valence-electron chi connectivity index (χ2n) is 15.5. The fourth-order valence-corrected chi connectivity index (χ4v) is 8.56. The van der Waals surface area contributed by atoms with E-state index in [4.69, 9.17) is 29.4 Å². The van der Waals surface area contributed by atoms with E-state index in [1.807, 2.05) is 6.07 Å². The summed E-state index contributed by atoms with van der Waals surface area (Å²) in [6.07, 6.45) is 1.81. The highest BCUT2D eigenvalue weighted by Gasteiger charge is 2.74. The number of allylic oxidation sites excluding steroid dienone is 1. The second-order valence-corrected chi connectivity index (χ2v) is 15.5. The van der Waals surface area contributed by atoms with Crippen molar-refractivity contribution >= 4 is 29.8 Å². The molecule has 14 nitrogen and oxygen atoms in total. The van der Waals surface area contributed by atoms with Gasteiger partial charge in [0, 0.05) is 38.2 Å². The molecule has 1 aromatic rings. The molecule has 56 heavy (non-hydrogen) atoms. The molecule has 2 saturated heterocycles. The molecular weight excluding hydrogens is 726 g/mol. The van der Waals surface area contributed by atoms with Gasteiger partial charge in [0.25, 0.3) is 0 Å². The third-order valence-electron chi connectivity index (χ3n) is 11.6. The lowest BCUT2D eigenvalue weighted by Gasteiger charge is -2.40. The summed E-state index contributed by atoms with van der Waals surface area (Å²) in [5, 5.41) is 34.8. The number of aromatic hydroxyl groups is 1. The lowest BCUT2D eigenvalue weighted by atomic mass is 9.75. The molecule has 4 aliphatic rings. The molecule has 3 fully saturated rings. The number of unbranched alkanes of at least 4 members (excludes halogenated alkanes) is 6. The van der Waals surface area contributed by atoms with Crippen LogP contribution in [0.1, 0.15) is 116 Å². The Morgan fingerprint density at radius 1 is 0.946 bits per heavy atom. The van der Waals surface area contributed by atoms with E-state index in [1.165, 1.54) is 6.92 Å². The average molecular weight is 784 g/mol. The molecule has 8 unspecified atom stereocenters. The zero-order valence-corrected chi connectivity index (χ0v) is 32.9. The van der Waals surface area contributed by atoms with Gasteiger partial charge in [0.15, 0.2) is 29.5 Å². The van der Waals surface area contributed by atoms with Crippen molar-refractivity contribution in [3.8, 4) is 5.75 Å². The molecule has 0 radical (unpaired) electrons. The number of benzene rings is 1. The van der Waals surface area contributed by atoms with E-state index in [1.54, 1.807) is 25.1 Å². The number of hydrogen-bond donors (Lipinski definition) is 4. The summed E-state index contributed by atoms with van der Waals surface area (Å²) >= 11 is 0. The van der Waals surface area contributed by atoms with E-state index < -0.39 is 83.9 Å². The summed E-state index contributed by atoms with van der Waals surface area (Å²) in [5.41, 5.74) is 2.64. The molecule has 2 aliphatic carbocycles. The van der Waals surface area contributed by atoms with Gasteiger partial charge in [-0.05, 0) is 80.8 Å². The lowest BCUT2D eigenvalue weighted by molar-refractivity contribution is -0.206. The minimum atomic E-state index is -2.63. The van der Waals surface area contributed by atoms with Gasteiger partial charge in [-0.15, -0.1) is 0 Å². The van der Waals surface area contributed by atoms with Crippen LogP contribution in [0.3, 0.4) is 0 Å². The number of fused-ring (bicyclic) bond motifs is 4. The molecule has 2 aliphatic heterocycles. The minimum Gasteiger partial charge on any atom is -0.508 e. The van der Waals surface area contributed by atoms with E-state index in [9.17, 15) is 39.3 Å². The van der Waals surface area contributed by atoms with Crippen LogP contribution in [0.2, 0.25) is 0 Å². The summed E-state index contributed by atoms with van der Waals surface area (Å²) in [6, 6.07) is 5.08. The molecule has 0 spiro atoms. The number of carbonyl (C=O) groups excluding carboxylic acids is 5. The average Bonchev–Trinajstić information content (AvgIpc) is 3.50. The second kappa shape index (κ2) is 18.3. The van der Waals surface area contributed by atoms with Gasteiger partial charge in [-0.1, -0.05) is 57.2 Å². The highest BCUT2D eigenvalue weighted by molar-refractivity contribution is 5.91. The maximum Gasteiger partial charge on any atom is 0.341 e. The van der Waals surface area contributed by atoms with Crippen LogP contribution in [-0.2, 0) is 60.5 Å². The molecular formula is C42H57NO13. The first-order valence-corrected chi connectivity index (χ1v) is 20.0. The summed E-state index contributed by atoms with van der Waals surface area (Å²) in [6.45, 7) is 6.55. The summed E-state index contributed by atoms with van der Waals surface area (Å²) in [5.74, 6) is -4.90. The summed E-state index contributed by atoms with van der Waals surface area (Å²) < 4.78 is 29.5. The van der Waals surface area contributed by atoms with Crippen molar-refractivity contribution in [1.82, 2.24) is 0 Å². The molecule has 2 heterocycles. The maximum atomic E-state index is 13.7. The fourth-order valence-electron chi connectivity index (χ4n) is 8.56. The number of esters is 5. The van der Waals surface area contributed by atoms with E-state index in [0.29, 0.717) is 25.0 Å². The third-order valence-corrected chi connectivity index (χ3v) is 11.6. The van der Waals surface area contributed by atoms with Crippen LogP contribution in [0.25, 0.3) is 0 Å². The zero-order valence-electron chi connectivity index (χ0n) is 32.9. The zero-order chi connectivity index (χ0) is 40.8. The molecule has 5 N–H and O–H groups in total. The fraction of sp³-hybridized carbons (Fsp3) is 0.643. The van der Waals surface area contributed by atoms with E-state index >= 15 is 0 Å². The standard InChI is InChI=1S/C42H57NO13/c1-5-7-8-9-12-15-32(46)54-37-35-30(52-24(3)44)23-31(53-33(47)19-17-25-16-18-29(45)27(21-25)14-11-10-13-20-43)42(51)38(56-40(49)41(42,4)50)34(35)28-22-26(6-2)39(48)55-36(28)37/h6,16,18,21,30-31,35-38,45,50-51H,5,7-15,17,19-20,22-23,43H2,1-4H3. The van der Waals surface area contributed by atoms with Crippen LogP contribution >= 0.6 is 0 Å². The number of ether oxygens (including phenoxy) is 5. The van der Waals surface area contributed by atoms with Gasteiger partial charge >= 0.3 is 29.8 Å². The normalized spacial score (nSPS) is 30.2. The summed E-state index contributed by atoms with van der Waals surface area (Å²) in [7, 11) is 0. The SMILES string of the molecule is CC=C1CC2=C3C(C(OC(C)=O)CC(OC(=O)CCc4ccc(O)c(CCCCCN)c4)C4(O)C3OC(=O)C4(C)O)C(OC(=O)CCCCCCC)C2OC1=O. The van der Waals surface area contributed by atoms with Crippen molar-refractivity contribution in [2.75, 3.05) is 6.54 Å². The lowest BCUT2D eigenvalue weighted by Crippen LogP contribution is -2.64. The van der Waals surface area contributed by atoms with Gasteiger partial charge in [-0.25, -0.2) is 9.59 Å². The Balaban J connectivity index is 1.48. The molecule has 14 heteroatoms. The molecule has 0 amide bonds. The molecule has 1 saturated carbocycles. The quantitative estimate of drug-likeness (QED) is 0.0575. The molecule has 0 aromatic heterocycles. The topological polar surface area (TPSA) is 218 Å². The van der Waals surface area contributed by atoms with Gasteiger partial charge < -0.3 is 44.7 Å². The Hall–Kier alpha value is -4.27. The molecule has 5 rings (SSSR count). The van der Waals surface area contributed by atoms with Gasteiger partial charge in [0.1, 0.15) is 18.0 Å². The molecule has 1 aromatic carbocycles. The van der Waals surface area contributed by atoms with E-state index in [0.717, 1.165) is 63.0 Å². The first-order valence-electron chi connectivity index (χ1n) is 20.0. The van der Waals surface area contributed by atoms with Gasteiger partial charge in [-0.3, -0.25) is 14.4 Å². The van der Waals surface area contributed by atoms with Crippen LogP contribution in [0.4, 0.5) is 0 Å². The Bertz CT molecular complexity index is 1720. The van der Waals surface area contributed by atoms with Crippen LogP contribution in [-0.4, -0.2) is 93.4 Å². The van der Waals surface area contributed by atoms with Crippen molar-refractivity contribution in [3.05, 3.63) is 52.1 Å². The number of hydrogen-bond acceptors (Lipinski definition) is 14. The monoisotopic (exact) mass is 783 g/mol. The number of carbonyl (C=O) groups is 5. The van der Waals surface area contributed by atoms with Crippen LogP contribution < -0.4 is 5.73 Å². The number of aliphatic hydroxyl groups is 2. The number of rotatable bonds is 17. The Kier molecular flexibility index (Phi) is 14.0. The summed E-state index contributed by atoms with van der Waals surface area (Å²) in [4.78, 5) is 66.3. The molecule has 8 atom stereocenters. The molecule has 308 valence electrons. The van der Waals surface area contributed by atoms with Crippen molar-refractivity contribution in [2.45, 2.75) is 159 Å². The van der Waals surface area contributed by atoms with Crippen LogP contribution in [0.5, 0.6) is 5.75 Å². The van der Waals surface area contributed by atoms with Crippen molar-refractivity contribution in [2.24, 2.45) is 11.7 Å². The van der Waals surface area contributed by atoms with Gasteiger partial charge in [0.05, 0.1) is 5.92 Å².